The molecule has 1 amide bonds. The zero-order valence-corrected chi connectivity index (χ0v) is 8.59. The number of amides is 1. The van der Waals surface area contributed by atoms with Gasteiger partial charge in [0.1, 0.15) is 19.6 Å². The number of carbonyl (C=O) groups excluding carboxylic acids is 1. The van der Waals surface area contributed by atoms with E-state index in [-0.39, 0.29) is 13.3 Å². The zero-order chi connectivity index (χ0) is 11.6. The molecule has 1 aromatic rings. The van der Waals surface area contributed by atoms with E-state index in [0.717, 1.165) is 11.9 Å². The van der Waals surface area contributed by atoms with Crippen LogP contribution >= 0.6 is 0 Å². The first kappa shape index (κ1) is 12.0. The number of nitrogens with one attached hydrogen (secondary N) is 2. The molecule has 0 fully saturated rings. The minimum Gasteiger partial charge on any atom is -0.445 e. The van der Waals surface area contributed by atoms with Gasteiger partial charge in [0.25, 0.3) is 0 Å². The van der Waals surface area contributed by atoms with Crippen molar-refractivity contribution in [2.24, 2.45) is 4.99 Å². The molecule has 0 aromatic heterocycles. The molecule has 0 unspecified atom stereocenters. The smallest absolute Gasteiger partial charge is 0.408 e. The molecule has 3 N–H and O–H groups in total. The van der Waals surface area contributed by atoms with Crippen molar-refractivity contribution < 1.29 is 14.7 Å². The van der Waals surface area contributed by atoms with E-state index in [0.29, 0.717) is 0 Å². The van der Waals surface area contributed by atoms with Crippen molar-refractivity contribution in [2.75, 3.05) is 6.67 Å². The number of benzene rings is 1. The van der Waals surface area contributed by atoms with E-state index in [1.807, 2.05) is 30.3 Å². The van der Waals surface area contributed by atoms with Crippen LogP contribution in [0.4, 0.5) is 4.79 Å². The first-order valence-electron chi connectivity index (χ1n) is 4.65. The van der Waals surface area contributed by atoms with Crippen molar-refractivity contribution in [1.29, 1.82) is 0 Å². The average Bonchev–Trinajstić information content (AvgIpc) is 2.33. The van der Waals surface area contributed by atoms with Gasteiger partial charge >= 0.3 is 6.09 Å². The number of rotatable bonds is 5. The molecule has 0 saturated carbocycles. The maximum atomic E-state index is 11.1. The highest BCUT2D eigenvalue weighted by molar-refractivity contribution is 5.67. The van der Waals surface area contributed by atoms with Gasteiger partial charge in [0.15, 0.2) is 0 Å². The summed E-state index contributed by atoms with van der Waals surface area (Å²) >= 11 is 0. The van der Waals surface area contributed by atoms with Crippen molar-refractivity contribution in [3.05, 3.63) is 35.9 Å². The summed E-state index contributed by atoms with van der Waals surface area (Å²) < 4.78 is 4.90. The average molecular weight is 223 g/mol. The molecule has 0 aliphatic heterocycles. The van der Waals surface area contributed by atoms with Gasteiger partial charge in [-0.25, -0.2) is 4.79 Å². The summed E-state index contributed by atoms with van der Waals surface area (Å²) in [4.78, 5) is 14.7. The van der Waals surface area contributed by atoms with E-state index in [9.17, 15) is 4.79 Å². The number of nitrogens with zero attached hydrogens (tertiary/aromatic N) is 1. The topological polar surface area (TPSA) is 83.0 Å². The van der Waals surface area contributed by atoms with Crippen LogP contribution in [-0.2, 0) is 11.3 Å². The summed E-state index contributed by atoms with van der Waals surface area (Å²) in [5.74, 6) is 0. The Morgan fingerprint density at radius 1 is 1.44 bits per heavy atom. The van der Waals surface area contributed by atoms with Crippen molar-refractivity contribution in [3.63, 3.8) is 0 Å². The Bertz CT molecular complexity index is 340. The SMILES string of the molecule is O=C(NCN=CNO)OCc1ccccc1. The van der Waals surface area contributed by atoms with E-state index in [2.05, 4.69) is 10.3 Å². The first-order valence-corrected chi connectivity index (χ1v) is 4.65. The molecule has 1 aromatic carbocycles. The quantitative estimate of drug-likeness (QED) is 0.393. The van der Waals surface area contributed by atoms with Crippen LogP contribution in [-0.4, -0.2) is 24.3 Å². The highest BCUT2D eigenvalue weighted by Crippen LogP contribution is 2.00. The first-order chi connectivity index (χ1) is 7.83. The third kappa shape index (κ3) is 4.97. The number of hydrogen-bond acceptors (Lipinski definition) is 4. The normalized spacial score (nSPS) is 10.1. The molecule has 0 radical (unpaired) electrons. The summed E-state index contributed by atoms with van der Waals surface area (Å²) in [5, 5.41) is 10.5. The molecular weight excluding hydrogens is 210 g/mol. The van der Waals surface area contributed by atoms with Crippen LogP contribution in [0.5, 0.6) is 0 Å². The lowest BCUT2D eigenvalue weighted by Crippen LogP contribution is -2.24. The lowest BCUT2D eigenvalue weighted by atomic mass is 10.2. The van der Waals surface area contributed by atoms with Crippen LogP contribution in [0.15, 0.2) is 35.3 Å². The van der Waals surface area contributed by atoms with Gasteiger partial charge in [0, 0.05) is 0 Å². The second-order valence-corrected chi connectivity index (χ2v) is 2.84. The van der Waals surface area contributed by atoms with E-state index in [1.165, 1.54) is 0 Å². The van der Waals surface area contributed by atoms with Gasteiger partial charge in [-0.15, -0.1) is 0 Å². The van der Waals surface area contributed by atoms with Gasteiger partial charge in [-0.2, -0.15) is 0 Å². The van der Waals surface area contributed by atoms with Gasteiger partial charge in [-0.05, 0) is 5.56 Å². The van der Waals surface area contributed by atoms with Crippen LogP contribution in [0.25, 0.3) is 0 Å². The van der Waals surface area contributed by atoms with Crippen molar-refractivity contribution in [2.45, 2.75) is 6.61 Å². The third-order valence-electron chi connectivity index (χ3n) is 1.68. The van der Waals surface area contributed by atoms with Crippen LogP contribution in [0.1, 0.15) is 5.56 Å². The fourth-order valence-electron chi connectivity index (χ4n) is 0.971. The third-order valence-corrected chi connectivity index (χ3v) is 1.68. The lowest BCUT2D eigenvalue weighted by molar-refractivity contribution is 0.140. The lowest BCUT2D eigenvalue weighted by Gasteiger charge is -2.04. The number of carbonyl (C=O) groups is 1. The molecule has 16 heavy (non-hydrogen) atoms. The number of hydroxylamine groups is 1. The Morgan fingerprint density at radius 3 is 2.88 bits per heavy atom. The highest BCUT2D eigenvalue weighted by Gasteiger charge is 1.99. The predicted molar refractivity (Wildman–Crippen MR) is 58.0 cm³/mol. The number of alkyl carbamates (subject to hydrolysis) is 1. The van der Waals surface area contributed by atoms with Gasteiger partial charge in [-0.3, -0.25) is 15.7 Å². The monoisotopic (exact) mass is 223 g/mol. The predicted octanol–water partition coefficient (Wildman–Crippen LogP) is 0.877. The van der Waals surface area contributed by atoms with Gasteiger partial charge < -0.3 is 10.1 Å². The molecule has 0 aliphatic carbocycles. The maximum absolute atomic E-state index is 11.1. The Balaban J connectivity index is 2.18. The minimum absolute atomic E-state index is 0.0428. The Hall–Kier alpha value is -2.08. The summed E-state index contributed by atoms with van der Waals surface area (Å²) in [6.07, 6.45) is 0.497. The fourth-order valence-corrected chi connectivity index (χ4v) is 0.971. The van der Waals surface area contributed by atoms with E-state index >= 15 is 0 Å². The van der Waals surface area contributed by atoms with E-state index in [1.54, 1.807) is 5.48 Å². The van der Waals surface area contributed by atoms with E-state index in [4.69, 9.17) is 9.94 Å². The highest BCUT2D eigenvalue weighted by atomic mass is 16.5. The number of ether oxygens (including phenoxy) is 1. The van der Waals surface area contributed by atoms with Crippen molar-refractivity contribution >= 4 is 12.4 Å². The molecular formula is C10H13N3O3. The Labute approximate surface area is 92.9 Å². The molecule has 6 nitrogen and oxygen atoms in total. The molecule has 86 valence electrons. The summed E-state index contributed by atoms with van der Waals surface area (Å²) in [7, 11) is 0. The molecule has 1 rings (SSSR count). The second-order valence-electron chi connectivity index (χ2n) is 2.84. The molecule has 0 spiro atoms. The standard InChI is InChI=1S/C10H13N3O3/c14-10(12-7-11-8-13-15)16-6-9-4-2-1-3-5-9/h1-5,8,15H,6-7H2,(H,11,13)(H,12,14). The minimum atomic E-state index is -0.557. The Morgan fingerprint density at radius 2 is 2.19 bits per heavy atom. The number of hydrogen-bond donors (Lipinski definition) is 3. The van der Waals surface area contributed by atoms with Crippen molar-refractivity contribution in [1.82, 2.24) is 10.8 Å². The fraction of sp³-hybridized carbons (Fsp3) is 0.200. The molecule has 0 atom stereocenters. The van der Waals surface area contributed by atoms with E-state index < -0.39 is 6.09 Å². The summed E-state index contributed by atoms with van der Waals surface area (Å²) in [5.41, 5.74) is 2.63. The van der Waals surface area contributed by atoms with Crippen LogP contribution in [0.3, 0.4) is 0 Å². The summed E-state index contributed by atoms with van der Waals surface area (Å²) in [6.45, 7) is 0.260. The van der Waals surface area contributed by atoms with Crippen LogP contribution in [0, 0.1) is 0 Å². The molecule has 0 bridgehead atoms. The van der Waals surface area contributed by atoms with Crippen LogP contribution < -0.4 is 10.8 Å². The number of aliphatic imine (C=N–C) groups is 1. The largest absolute Gasteiger partial charge is 0.445 e. The van der Waals surface area contributed by atoms with Gasteiger partial charge in [0.05, 0.1) is 0 Å². The Kier molecular flexibility index (Phi) is 5.43. The summed E-state index contributed by atoms with van der Waals surface area (Å²) in [6, 6.07) is 9.35. The molecule has 0 heterocycles. The van der Waals surface area contributed by atoms with Crippen molar-refractivity contribution in [3.8, 4) is 0 Å². The molecule has 0 saturated heterocycles. The second kappa shape index (κ2) is 7.24. The maximum Gasteiger partial charge on any atom is 0.408 e. The van der Waals surface area contributed by atoms with Gasteiger partial charge in [-0.1, -0.05) is 30.3 Å². The van der Waals surface area contributed by atoms with Gasteiger partial charge in [0.2, 0.25) is 0 Å². The zero-order valence-electron chi connectivity index (χ0n) is 8.59. The molecule has 6 heteroatoms. The van der Waals surface area contributed by atoms with Crippen LogP contribution in [0.2, 0.25) is 0 Å². The molecule has 0 aliphatic rings.